The van der Waals surface area contributed by atoms with Crippen molar-refractivity contribution in [1.29, 1.82) is 0 Å². The van der Waals surface area contributed by atoms with Crippen LogP contribution in [0.25, 0.3) is 0 Å². The molecule has 1 aromatic rings. The number of nitrogens with zero attached hydrogens (tertiary/aromatic N) is 1. The van der Waals surface area contributed by atoms with E-state index in [1.807, 2.05) is 0 Å². The van der Waals surface area contributed by atoms with Crippen LogP contribution in [0.4, 0.5) is 26.3 Å². The molecule has 0 radical (unpaired) electrons. The summed E-state index contributed by atoms with van der Waals surface area (Å²) in [6.07, 6.45) is -8.07. The number of rotatable bonds is 2. The van der Waals surface area contributed by atoms with E-state index in [4.69, 9.17) is 0 Å². The molecule has 0 spiro atoms. The average Bonchev–Trinajstić information content (AvgIpc) is 2.15. The van der Waals surface area contributed by atoms with Crippen molar-refractivity contribution in [2.24, 2.45) is 0 Å². The summed E-state index contributed by atoms with van der Waals surface area (Å²) in [6.45, 7) is 0. The predicted molar refractivity (Wildman–Crippen MR) is 46.8 cm³/mol. The molecule has 90 valence electrons. The maximum atomic E-state index is 12.9. The van der Waals surface area contributed by atoms with Crippen LogP contribution in [-0.4, -0.2) is 4.98 Å². The first-order chi connectivity index (χ1) is 7.27. The number of halogens is 7. The fourth-order valence-corrected chi connectivity index (χ4v) is 1.48. The molecule has 0 atom stereocenters. The summed E-state index contributed by atoms with van der Waals surface area (Å²) < 4.78 is 74.1. The van der Waals surface area contributed by atoms with Gasteiger partial charge < -0.3 is 0 Å². The molecule has 0 bridgehead atoms. The monoisotopic (exact) mass is 307 g/mol. The van der Waals surface area contributed by atoms with Crippen LogP contribution < -0.4 is 0 Å². The second-order valence-corrected chi connectivity index (χ2v) is 3.35. The number of hydrogen-bond acceptors (Lipinski definition) is 1. The van der Waals surface area contributed by atoms with Gasteiger partial charge in [0.1, 0.15) is 0 Å². The average molecular weight is 308 g/mol. The Balaban J connectivity index is 3.37. The maximum Gasteiger partial charge on any atom is 0.436 e. The van der Waals surface area contributed by atoms with Crippen molar-refractivity contribution in [2.75, 3.05) is 0 Å². The highest BCUT2D eigenvalue weighted by Crippen LogP contribution is 2.33. The summed E-state index contributed by atoms with van der Waals surface area (Å²) in [4.78, 5) is 2.86. The Morgan fingerprint density at radius 3 is 2.25 bits per heavy atom. The van der Waals surface area contributed by atoms with Crippen molar-refractivity contribution in [2.45, 2.75) is 17.9 Å². The summed E-state index contributed by atoms with van der Waals surface area (Å²) in [5, 5.41) is -0.309. The lowest BCUT2D eigenvalue weighted by atomic mass is 10.2. The molecule has 16 heavy (non-hydrogen) atoms. The molecule has 0 unspecified atom stereocenters. The van der Waals surface area contributed by atoms with Gasteiger partial charge in [-0.05, 0) is 6.07 Å². The molecule has 0 aliphatic heterocycles. The molecule has 0 amide bonds. The van der Waals surface area contributed by atoms with Gasteiger partial charge in [-0.2, -0.15) is 13.2 Å². The van der Waals surface area contributed by atoms with Gasteiger partial charge in [0.2, 0.25) is 0 Å². The van der Waals surface area contributed by atoms with Gasteiger partial charge in [0.15, 0.2) is 11.5 Å². The zero-order valence-electron chi connectivity index (χ0n) is 7.45. The van der Waals surface area contributed by atoms with Crippen LogP contribution in [0.5, 0.6) is 0 Å². The van der Waals surface area contributed by atoms with Crippen LogP contribution in [0.15, 0.2) is 6.07 Å². The van der Waals surface area contributed by atoms with Gasteiger partial charge in [-0.25, -0.2) is 18.2 Å². The van der Waals surface area contributed by atoms with Crippen LogP contribution in [0, 0.1) is 5.82 Å². The molecule has 0 N–H and O–H groups in total. The van der Waals surface area contributed by atoms with Crippen molar-refractivity contribution in [1.82, 2.24) is 4.98 Å². The lowest BCUT2D eigenvalue weighted by Gasteiger charge is -2.11. The van der Waals surface area contributed by atoms with E-state index in [1.165, 1.54) is 0 Å². The standard InChI is InChI=1S/C8H4BrF6N/c9-2-5-3(7(11)12)1-4(10)6(16-5)8(13,14)15/h1,7H,2H2. The quantitative estimate of drug-likeness (QED) is 0.593. The fraction of sp³-hybridized carbons (Fsp3) is 0.375. The smallest absolute Gasteiger partial charge is 0.244 e. The highest BCUT2D eigenvalue weighted by atomic mass is 79.9. The molecule has 8 heteroatoms. The Morgan fingerprint density at radius 1 is 1.31 bits per heavy atom. The molecule has 0 saturated carbocycles. The Hall–Kier alpha value is -0.790. The SMILES string of the molecule is Fc1cc(C(F)F)c(CBr)nc1C(F)(F)F. The second-order valence-electron chi connectivity index (χ2n) is 2.79. The third kappa shape index (κ3) is 2.66. The lowest BCUT2D eigenvalue weighted by molar-refractivity contribution is -0.143. The van der Waals surface area contributed by atoms with Gasteiger partial charge in [-0.3, -0.25) is 0 Å². The Morgan fingerprint density at radius 2 is 1.88 bits per heavy atom. The summed E-state index contributed by atoms with van der Waals surface area (Å²) >= 11 is 2.72. The molecule has 1 heterocycles. The topological polar surface area (TPSA) is 12.9 Å². The minimum atomic E-state index is -5.00. The minimum absolute atomic E-state index is 0.164. The van der Waals surface area contributed by atoms with Gasteiger partial charge in [0.05, 0.1) is 5.69 Å². The van der Waals surface area contributed by atoms with Crippen LogP contribution in [0.2, 0.25) is 0 Å². The Kier molecular flexibility index (Phi) is 3.82. The van der Waals surface area contributed by atoms with Gasteiger partial charge in [-0.1, -0.05) is 15.9 Å². The van der Waals surface area contributed by atoms with Crippen molar-refractivity contribution < 1.29 is 26.3 Å². The van der Waals surface area contributed by atoms with E-state index >= 15 is 0 Å². The molecular weight excluding hydrogens is 304 g/mol. The van der Waals surface area contributed by atoms with Crippen LogP contribution in [-0.2, 0) is 11.5 Å². The van der Waals surface area contributed by atoms with Crippen molar-refractivity contribution in [3.63, 3.8) is 0 Å². The van der Waals surface area contributed by atoms with Gasteiger partial charge in [0, 0.05) is 10.9 Å². The number of pyridine rings is 1. The summed E-state index contributed by atoms with van der Waals surface area (Å²) in [5.74, 6) is -1.80. The fourth-order valence-electron chi connectivity index (χ4n) is 1.04. The van der Waals surface area contributed by atoms with Crippen LogP contribution >= 0.6 is 15.9 Å². The van der Waals surface area contributed by atoms with Crippen LogP contribution in [0.3, 0.4) is 0 Å². The minimum Gasteiger partial charge on any atom is -0.244 e. The van der Waals surface area contributed by atoms with Gasteiger partial charge in [-0.15, -0.1) is 0 Å². The number of aromatic nitrogens is 1. The van der Waals surface area contributed by atoms with E-state index in [2.05, 4.69) is 20.9 Å². The van der Waals surface area contributed by atoms with E-state index in [9.17, 15) is 26.3 Å². The Bertz CT molecular complexity index is 389. The highest BCUT2D eigenvalue weighted by Gasteiger charge is 2.37. The maximum absolute atomic E-state index is 12.9. The molecular formula is C8H4BrF6N. The molecule has 0 saturated heterocycles. The van der Waals surface area contributed by atoms with Gasteiger partial charge in [0.25, 0.3) is 6.43 Å². The summed E-state index contributed by atoms with van der Waals surface area (Å²) in [5.41, 5.74) is -3.16. The molecule has 1 nitrogen and oxygen atoms in total. The van der Waals surface area contributed by atoms with Crippen molar-refractivity contribution >= 4 is 15.9 Å². The van der Waals surface area contributed by atoms with E-state index < -0.39 is 35.4 Å². The first-order valence-electron chi connectivity index (χ1n) is 3.88. The molecule has 0 fully saturated rings. The Labute approximate surface area is 94.6 Å². The molecule has 0 aliphatic carbocycles. The van der Waals surface area contributed by atoms with Crippen LogP contribution in [0.1, 0.15) is 23.4 Å². The normalized spacial score (nSPS) is 12.2. The predicted octanol–water partition coefficient (Wildman–Crippen LogP) is 4.07. The largest absolute Gasteiger partial charge is 0.436 e. The third-order valence-electron chi connectivity index (χ3n) is 1.72. The molecule has 1 rings (SSSR count). The lowest BCUT2D eigenvalue weighted by Crippen LogP contribution is -2.14. The van der Waals surface area contributed by atoms with E-state index in [0.29, 0.717) is 0 Å². The molecule has 0 aromatic carbocycles. The van der Waals surface area contributed by atoms with Gasteiger partial charge >= 0.3 is 6.18 Å². The number of hydrogen-bond donors (Lipinski definition) is 0. The zero-order valence-corrected chi connectivity index (χ0v) is 9.04. The first kappa shape index (κ1) is 13.3. The first-order valence-corrected chi connectivity index (χ1v) is 5.00. The zero-order chi connectivity index (χ0) is 12.5. The highest BCUT2D eigenvalue weighted by molar-refractivity contribution is 9.08. The van der Waals surface area contributed by atoms with E-state index in [-0.39, 0.29) is 11.4 Å². The molecule has 1 aromatic heterocycles. The molecule has 0 aliphatic rings. The van der Waals surface area contributed by atoms with E-state index in [1.54, 1.807) is 0 Å². The van der Waals surface area contributed by atoms with E-state index in [0.717, 1.165) is 0 Å². The summed E-state index contributed by atoms with van der Waals surface area (Å²) in [7, 11) is 0. The van der Waals surface area contributed by atoms with Crippen molar-refractivity contribution in [3.8, 4) is 0 Å². The second kappa shape index (κ2) is 4.60. The van der Waals surface area contributed by atoms with Crippen molar-refractivity contribution in [3.05, 3.63) is 28.8 Å². The third-order valence-corrected chi connectivity index (χ3v) is 2.25. The number of alkyl halides is 6. The summed E-state index contributed by atoms with van der Waals surface area (Å²) in [6, 6.07) is 0.164.